The summed E-state index contributed by atoms with van der Waals surface area (Å²) in [6.45, 7) is 3.57. The molecule has 1 atom stereocenters. The van der Waals surface area contributed by atoms with Crippen LogP contribution in [0.25, 0.3) is 0 Å². The number of thioether (sulfide) groups is 1. The third-order valence-electron chi connectivity index (χ3n) is 3.23. The van der Waals surface area contributed by atoms with Crippen LogP contribution in [0.1, 0.15) is 49.4 Å². The van der Waals surface area contributed by atoms with Gasteiger partial charge >= 0.3 is 0 Å². The molecule has 0 aromatic carbocycles. The number of aromatic nitrogens is 2. The first-order chi connectivity index (χ1) is 9.76. The Morgan fingerprint density at radius 1 is 1.40 bits per heavy atom. The van der Waals surface area contributed by atoms with Gasteiger partial charge in [-0.05, 0) is 40.9 Å². The highest BCUT2D eigenvalue weighted by molar-refractivity contribution is 9.10. The molecule has 1 aromatic heterocycles. The minimum atomic E-state index is 0.426. The highest BCUT2D eigenvalue weighted by atomic mass is 79.9. The van der Waals surface area contributed by atoms with Gasteiger partial charge in [0, 0.05) is 13.7 Å². The number of nitrogens with zero attached hydrogens (tertiary/aromatic N) is 2. The van der Waals surface area contributed by atoms with Crippen molar-refractivity contribution in [3.8, 4) is 0 Å². The molecule has 1 aliphatic rings. The summed E-state index contributed by atoms with van der Waals surface area (Å²) in [5.41, 5.74) is 0.933. The van der Waals surface area contributed by atoms with Crippen LogP contribution < -0.4 is 5.32 Å². The fourth-order valence-corrected chi connectivity index (χ4v) is 3.87. The van der Waals surface area contributed by atoms with Gasteiger partial charge < -0.3 is 10.1 Å². The maximum atomic E-state index is 5.26. The molecular formula is C14H22BrN3OS. The van der Waals surface area contributed by atoms with Crippen molar-refractivity contribution < 1.29 is 4.74 Å². The van der Waals surface area contributed by atoms with Gasteiger partial charge in [-0.3, -0.25) is 0 Å². The molecule has 20 heavy (non-hydrogen) atoms. The zero-order valence-electron chi connectivity index (χ0n) is 12.1. The third-order valence-corrected chi connectivity index (χ3v) is 5.43. The van der Waals surface area contributed by atoms with Crippen molar-refractivity contribution in [1.29, 1.82) is 0 Å². The topological polar surface area (TPSA) is 47.0 Å². The average molecular weight is 360 g/mol. The average Bonchev–Trinajstić information content (AvgIpc) is 2.49. The predicted octanol–water partition coefficient (Wildman–Crippen LogP) is 4.17. The quantitative estimate of drug-likeness (QED) is 0.825. The lowest BCUT2D eigenvalue weighted by Crippen LogP contribution is -2.13. The highest BCUT2D eigenvalue weighted by Crippen LogP contribution is 2.38. The monoisotopic (exact) mass is 359 g/mol. The fraction of sp³-hybridized carbons (Fsp3) is 0.714. The molecule has 0 aliphatic carbocycles. The summed E-state index contributed by atoms with van der Waals surface area (Å²) < 4.78 is 6.18. The van der Waals surface area contributed by atoms with Gasteiger partial charge in [-0.1, -0.05) is 13.3 Å². The molecule has 2 heterocycles. The van der Waals surface area contributed by atoms with E-state index in [2.05, 4.69) is 28.2 Å². The molecule has 1 aromatic rings. The van der Waals surface area contributed by atoms with Crippen molar-refractivity contribution in [2.75, 3.05) is 24.7 Å². The minimum Gasteiger partial charge on any atom is -0.378 e. The van der Waals surface area contributed by atoms with E-state index in [1.54, 1.807) is 7.11 Å². The molecule has 4 nitrogen and oxygen atoms in total. The Kier molecular flexibility index (Phi) is 6.58. The van der Waals surface area contributed by atoms with Crippen molar-refractivity contribution in [2.45, 2.75) is 44.5 Å². The molecule has 0 spiro atoms. The van der Waals surface area contributed by atoms with Crippen molar-refractivity contribution in [3.63, 3.8) is 0 Å². The summed E-state index contributed by atoms with van der Waals surface area (Å²) in [7, 11) is 1.70. The molecule has 6 heteroatoms. The SMILES string of the molecule is CCCNc1nc(C2CCCCS2)nc(COC)c1Br. The van der Waals surface area contributed by atoms with Gasteiger partial charge in [-0.15, -0.1) is 0 Å². The maximum Gasteiger partial charge on any atom is 0.144 e. The smallest absolute Gasteiger partial charge is 0.144 e. The minimum absolute atomic E-state index is 0.426. The summed E-state index contributed by atoms with van der Waals surface area (Å²) in [6, 6.07) is 0. The molecule has 0 saturated carbocycles. The first kappa shape index (κ1) is 16.0. The summed E-state index contributed by atoms with van der Waals surface area (Å²) in [5, 5.41) is 3.80. The molecule has 1 unspecified atom stereocenters. The lowest BCUT2D eigenvalue weighted by Gasteiger charge is -2.21. The largest absolute Gasteiger partial charge is 0.378 e. The van der Waals surface area contributed by atoms with E-state index in [9.17, 15) is 0 Å². The highest BCUT2D eigenvalue weighted by Gasteiger charge is 2.21. The van der Waals surface area contributed by atoms with Gasteiger partial charge in [-0.25, -0.2) is 9.97 Å². The van der Waals surface area contributed by atoms with Gasteiger partial charge in [0.1, 0.15) is 11.6 Å². The fourth-order valence-electron chi connectivity index (χ4n) is 2.19. The third kappa shape index (κ3) is 4.09. The normalized spacial score (nSPS) is 19.1. The number of rotatable bonds is 6. The van der Waals surface area contributed by atoms with E-state index in [0.29, 0.717) is 11.9 Å². The van der Waals surface area contributed by atoms with Crippen molar-refractivity contribution in [1.82, 2.24) is 9.97 Å². The van der Waals surface area contributed by atoms with Crippen LogP contribution in [0.15, 0.2) is 4.47 Å². The summed E-state index contributed by atoms with van der Waals surface area (Å²) >= 11 is 5.57. The molecule has 1 aliphatic heterocycles. The van der Waals surface area contributed by atoms with Gasteiger partial charge in [0.25, 0.3) is 0 Å². The molecule has 0 bridgehead atoms. The molecule has 0 amide bonds. The molecular weight excluding hydrogens is 338 g/mol. The van der Waals surface area contributed by atoms with Gasteiger partial charge in [0.2, 0.25) is 0 Å². The van der Waals surface area contributed by atoms with Crippen molar-refractivity contribution in [2.24, 2.45) is 0 Å². The Labute approximate surface area is 133 Å². The van der Waals surface area contributed by atoms with Crippen molar-refractivity contribution in [3.05, 3.63) is 16.0 Å². The van der Waals surface area contributed by atoms with Crippen LogP contribution in [-0.2, 0) is 11.3 Å². The van der Waals surface area contributed by atoms with E-state index in [1.165, 1.54) is 25.0 Å². The van der Waals surface area contributed by atoms with Crippen LogP contribution >= 0.6 is 27.7 Å². The van der Waals surface area contributed by atoms with Crippen LogP contribution in [-0.4, -0.2) is 29.4 Å². The second-order valence-electron chi connectivity index (χ2n) is 4.91. The lowest BCUT2D eigenvalue weighted by atomic mass is 10.2. The zero-order chi connectivity index (χ0) is 14.4. The van der Waals surface area contributed by atoms with E-state index in [-0.39, 0.29) is 0 Å². The van der Waals surface area contributed by atoms with Gasteiger partial charge in [-0.2, -0.15) is 11.8 Å². The number of anilines is 1. The molecule has 2 rings (SSSR count). The Balaban J connectivity index is 2.27. The number of halogens is 1. The summed E-state index contributed by atoms with van der Waals surface area (Å²) in [5.74, 6) is 3.06. The molecule has 1 N–H and O–H groups in total. The van der Waals surface area contributed by atoms with Crippen LogP contribution in [0.3, 0.4) is 0 Å². The van der Waals surface area contributed by atoms with Crippen LogP contribution in [0, 0.1) is 0 Å². The first-order valence-corrected chi connectivity index (χ1v) is 9.01. The van der Waals surface area contributed by atoms with Crippen LogP contribution in [0.5, 0.6) is 0 Å². The second kappa shape index (κ2) is 8.20. The number of nitrogens with one attached hydrogen (secondary N) is 1. The molecule has 1 fully saturated rings. The Bertz CT molecular complexity index is 439. The summed E-state index contributed by atoms with van der Waals surface area (Å²) in [6.07, 6.45) is 4.83. The number of ether oxygens (including phenoxy) is 1. The van der Waals surface area contributed by atoms with Gasteiger partial charge in [0.05, 0.1) is 22.0 Å². The maximum absolute atomic E-state index is 5.26. The van der Waals surface area contributed by atoms with E-state index >= 15 is 0 Å². The Morgan fingerprint density at radius 2 is 2.25 bits per heavy atom. The molecule has 1 saturated heterocycles. The molecule has 0 radical (unpaired) electrons. The van der Waals surface area contributed by atoms with E-state index < -0.39 is 0 Å². The second-order valence-corrected chi connectivity index (χ2v) is 7.01. The lowest BCUT2D eigenvalue weighted by molar-refractivity contribution is 0.180. The first-order valence-electron chi connectivity index (χ1n) is 7.17. The Morgan fingerprint density at radius 3 is 2.90 bits per heavy atom. The van der Waals surface area contributed by atoms with Crippen molar-refractivity contribution >= 4 is 33.5 Å². The number of methoxy groups -OCH3 is 1. The van der Waals surface area contributed by atoms with Gasteiger partial charge in [0.15, 0.2) is 0 Å². The molecule has 112 valence electrons. The van der Waals surface area contributed by atoms with E-state index in [0.717, 1.165) is 34.8 Å². The zero-order valence-corrected chi connectivity index (χ0v) is 14.5. The van der Waals surface area contributed by atoms with Crippen LogP contribution in [0.2, 0.25) is 0 Å². The number of hydrogen-bond donors (Lipinski definition) is 1. The number of hydrogen-bond acceptors (Lipinski definition) is 5. The van der Waals surface area contributed by atoms with E-state index in [4.69, 9.17) is 14.7 Å². The standard InChI is InChI=1S/C14H22BrN3OS/c1-3-7-16-14-12(15)10(9-19-2)17-13(18-14)11-6-4-5-8-20-11/h11H,3-9H2,1-2H3,(H,16,17,18). The summed E-state index contributed by atoms with van der Waals surface area (Å²) in [4.78, 5) is 9.44. The van der Waals surface area contributed by atoms with E-state index in [1.807, 2.05) is 11.8 Å². The predicted molar refractivity (Wildman–Crippen MR) is 88.3 cm³/mol. The van der Waals surface area contributed by atoms with Crippen LogP contribution in [0.4, 0.5) is 5.82 Å². The Hall–Kier alpha value is -0.330.